The van der Waals surface area contributed by atoms with E-state index in [0.29, 0.717) is 4.67 Å². The van der Waals surface area contributed by atoms with E-state index in [1.54, 1.807) is 17.1 Å². The molecule has 2 N–H and O–H groups in total. The molecule has 2 heterocycles. The fourth-order valence-electron chi connectivity index (χ4n) is 1.91. The number of hydrogen-bond donors (Lipinski definition) is 1. The first kappa shape index (κ1) is 12.1. The molecule has 19 heavy (non-hydrogen) atoms. The third-order valence-electron chi connectivity index (χ3n) is 2.88. The number of nitrogens with zero attached hydrogens (tertiary/aromatic N) is 3. The van der Waals surface area contributed by atoms with E-state index in [0.717, 1.165) is 16.9 Å². The first-order valence-corrected chi connectivity index (χ1v) is 6.51. The predicted octanol–water partition coefficient (Wildman–Crippen LogP) is 2.67. The number of nitrogens with two attached hydrogens (primary N) is 1. The minimum atomic E-state index is -0.358. The van der Waals surface area contributed by atoms with Gasteiger partial charge >= 0.3 is 0 Å². The van der Waals surface area contributed by atoms with Crippen LogP contribution < -0.4 is 5.73 Å². The van der Waals surface area contributed by atoms with Crippen molar-refractivity contribution in [1.82, 2.24) is 15.0 Å². The molecule has 96 valence electrons. The van der Waals surface area contributed by atoms with E-state index < -0.39 is 0 Å². The molecule has 6 heteroatoms. The number of aromatic nitrogens is 3. The number of benzene rings is 1. The quantitative estimate of drug-likeness (QED) is 0.806. The van der Waals surface area contributed by atoms with Gasteiger partial charge in [0.15, 0.2) is 4.67 Å². The zero-order valence-corrected chi connectivity index (χ0v) is 11.5. The van der Waals surface area contributed by atoms with Gasteiger partial charge in [-0.2, -0.15) is 0 Å². The molecular formula is C13H11BrN4O. The van der Waals surface area contributed by atoms with Crippen molar-refractivity contribution >= 4 is 15.9 Å². The van der Waals surface area contributed by atoms with E-state index in [1.807, 2.05) is 36.4 Å². The molecule has 0 spiro atoms. The van der Waals surface area contributed by atoms with Gasteiger partial charge in [0, 0.05) is 5.56 Å². The Morgan fingerprint density at radius 1 is 1.21 bits per heavy atom. The third-order valence-corrected chi connectivity index (χ3v) is 3.52. The highest BCUT2D eigenvalue weighted by Gasteiger charge is 2.19. The zero-order valence-electron chi connectivity index (χ0n) is 9.90. The minimum Gasteiger partial charge on any atom is -0.457 e. The second-order valence-electron chi connectivity index (χ2n) is 4.03. The summed E-state index contributed by atoms with van der Waals surface area (Å²) in [6.45, 7) is 0. The molecule has 0 aliphatic rings. The lowest BCUT2D eigenvalue weighted by Gasteiger charge is -2.12. The molecule has 3 rings (SSSR count). The van der Waals surface area contributed by atoms with Gasteiger partial charge in [-0.1, -0.05) is 23.4 Å². The van der Waals surface area contributed by atoms with Crippen LogP contribution in [-0.4, -0.2) is 15.0 Å². The summed E-state index contributed by atoms with van der Waals surface area (Å²) >= 11 is 3.34. The van der Waals surface area contributed by atoms with Crippen molar-refractivity contribution in [3.63, 3.8) is 0 Å². The van der Waals surface area contributed by atoms with Crippen LogP contribution in [0, 0.1) is 0 Å². The molecule has 1 atom stereocenters. The van der Waals surface area contributed by atoms with Gasteiger partial charge in [-0.15, -0.1) is 5.10 Å². The normalized spacial score (nSPS) is 12.5. The lowest BCUT2D eigenvalue weighted by molar-refractivity contribution is 0.533. The molecule has 0 saturated carbocycles. The fraction of sp³-hybridized carbons (Fsp3) is 0.0769. The van der Waals surface area contributed by atoms with Gasteiger partial charge < -0.3 is 10.2 Å². The largest absolute Gasteiger partial charge is 0.457 e. The van der Waals surface area contributed by atoms with Crippen molar-refractivity contribution in [3.05, 3.63) is 64.8 Å². The molecular weight excluding hydrogens is 308 g/mol. The van der Waals surface area contributed by atoms with Crippen molar-refractivity contribution < 1.29 is 4.42 Å². The Morgan fingerprint density at radius 2 is 2.00 bits per heavy atom. The van der Waals surface area contributed by atoms with Gasteiger partial charge in [-0.3, -0.25) is 0 Å². The average Bonchev–Trinajstić information content (AvgIpc) is 3.07. The Balaban J connectivity index is 2.04. The zero-order chi connectivity index (χ0) is 13.2. The van der Waals surface area contributed by atoms with Crippen LogP contribution in [0.4, 0.5) is 0 Å². The molecule has 0 aliphatic heterocycles. The average molecular weight is 319 g/mol. The maximum Gasteiger partial charge on any atom is 0.174 e. The van der Waals surface area contributed by atoms with Gasteiger partial charge in [0.2, 0.25) is 0 Å². The number of furan rings is 1. The van der Waals surface area contributed by atoms with Crippen LogP contribution in [0.2, 0.25) is 0 Å². The number of halogens is 1. The van der Waals surface area contributed by atoms with Crippen molar-refractivity contribution in [3.8, 4) is 5.69 Å². The molecule has 1 aromatic carbocycles. The summed E-state index contributed by atoms with van der Waals surface area (Å²) in [5.41, 5.74) is 8.83. The molecule has 0 bridgehead atoms. The number of hydrogen-bond acceptors (Lipinski definition) is 4. The molecule has 0 amide bonds. The maximum atomic E-state index is 6.25. The van der Waals surface area contributed by atoms with Gasteiger partial charge in [0.1, 0.15) is 0 Å². The third kappa shape index (κ3) is 2.20. The van der Waals surface area contributed by atoms with Gasteiger partial charge in [0.25, 0.3) is 0 Å². The van der Waals surface area contributed by atoms with Gasteiger partial charge in [0.05, 0.1) is 29.9 Å². The fourth-order valence-corrected chi connectivity index (χ4v) is 2.40. The van der Waals surface area contributed by atoms with E-state index in [-0.39, 0.29) is 6.04 Å². The molecule has 0 aliphatic carbocycles. The molecule has 2 aromatic heterocycles. The van der Waals surface area contributed by atoms with Crippen LogP contribution >= 0.6 is 15.9 Å². The van der Waals surface area contributed by atoms with Crippen molar-refractivity contribution in [2.75, 3.05) is 0 Å². The van der Waals surface area contributed by atoms with Crippen molar-refractivity contribution in [2.24, 2.45) is 5.73 Å². The summed E-state index contributed by atoms with van der Waals surface area (Å²) in [5, 5.41) is 8.03. The Bertz CT molecular complexity index is 677. The van der Waals surface area contributed by atoms with Crippen LogP contribution in [0.15, 0.2) is 57.9 Å². The van der Waals surface area contributed by atoms with Crippen LogP contribution in [0.3, 0.4) is 0 Å². The molecule has 1 unspecified atom stereocenters. The van der Waals surface area contributed by atoms with Gasteiger partial charge in [-0.05, 0) is 34.1 Å². The van der Waals surface area contributed by atoms with E-state index >= 15 is 0 Å². The second kappa shape index (κ2) is 4.99. The minimum absolute atomic E-state index is 0.358. The van der Waals surface area contributed by atoms with Crippen molar-refractivity contribution in [2.45, 2.75) is 6.04 Å². The summed E-state index contributed by atoms with van der Waals surface area (Å²) in [6, 6.07) is 11.2. The Kier molecular flexibility index (Phi) is 3.18. The van der Waals surface area contributed by atoms with Gasteiger partial charge in [-0.25, -0.2) is 4.68 Å². The highest BCUT2D eigenvalue weighted by Crippen LogP contribution is 2.28. The molecule has 5 nitrogen and oxygen atoms in total. The summed E-state index contributed by atoms with van der Waals surface area (Å²) in [5.74, 6) is 0. The summed E-state index contributed by atoms with van der Waals surface area (Å²) in [4.78, 5) is 0. The highest BCUT2D eigenvalue weighted by atomic mass is 79.9. The highest BCUT2D eigenvalue weighted by molar-refractivity contribution is 9.10. The number of para-hydroxylation sites is 1. The number of rotatable bonds is 3. The summed E-state index contributed by atoms with van der Waals surface area (Å²) in [6.07, 6.45) is 3.26. The lowest BCUT2D eigenvalue weighted by Crippen LogP contribution is -2.16. The van der Waals surface area contributed by atoms with Crippen molar-refractivity contribution in [1.29, 1.82) is 0 Å². The Labute approximate surface area is 118 Å². The van der Waals surface area contributed by atoms with E-state index in [1.165, 1.54) is 0 Å². The first-order chi connectivity index (χ1) is 9.27. The van der Waals surface area contributed by atoms with Crippen LogP contribution in [0.25, 0.3) is 5.69 Å². The SMILES string of the molecule is NC(c1ccoc1Br)c1cnnn1-c1ccccc1. The molecule has 3 aromatic rings. The van der Waals surface area contributed by atoms with E-state index in [9.17, 15) is 0 Å². The lowest BCUT2D eigenvalue weighted by atomic mass is 10.1. The van der Waals surface area contributed by atoms with E-state index in [2.05, 4.69) is 26.2 Å². The molecule has 0 saturated heterocycles. The summed E-state index contributed by atoms with van der Waals surface area (Å²) < 4.78 is 7.57. The Hall–Kier alpha value is -1.92. The summed E-state index contributed by atoms with van der Waals surface area (Å²) in [7, 11) is 0. The van der Waals surface area contributed by atoms with Crippen LogP contribution in [0.5, 0.6) is 0 Å². The maximum absolute atomic E-state index is 6.25. The predicted molar refractivity (Wildman–Crippen MR) is 73.8 cm³/mol. The smallest absolute Gasteiger partial charge is 0.174 e. The molecule has 0 fully saturated rings. The first-order valence-electron chi connectivity index (χ1n) is 5.72. The Morgan fingerprint density at radius 3 is 2.68 bits per heavy atom. The standard InChI is InChI=1S/C13H11BrN4O/c14-13-10(6-7-19-13)12(15)11-8-16-17-18(11)9-4-2-1-3-5-9/h1-8,12H,15H2. The monoisotopic (exact) mass is 318 g/mol. The van der Waals surface area contributed by atoms with Crippen LogP contribution in [-0.2, 0) is 0 Å². The second-order valence-corrected chi connectivity index (χ2v) is 4.75. The van der Waals surface area contributed by atoms with E-state index in [4.69, 9.17) is 10.2 Å². The molecule has 0 radical (unpaired) electrons. The van der Waals surface area contributed by atoms with Crippen LogP contribution in [0.1, 0.15) is 17.3 Å². The topological polar surface area (TPSA) is 69.9 Å².